The van der Waals surface area contributed by atoms with E-state index in [0.717, 1.165) is 19.4 Å². The molecule has 1 saturated carbocycles. The quantitative estimate of drug-likeness (QED) is 0.615. The fraction of sp³-hybridized carbons (Fsp3) is 0.533. The Morgan fingerprint density at radius 2 is 1.85 bits per heavy atom. The maximum Gasteiger partial charge on any atom is 0.269 e. The number of benzene rings is 1. The van der Waals surface area contributed by atoms with Gasteiger partial charge in [0.15, 0.2) is 0 Å². The van der Waals surface area contributed by atoms with Gasteiger partial charge in [0.1, 0.15) is 0 Å². The number of fused-ring (bicyclic) bond motifs is 1. The van der Waals surface area contributed by atoms with Crippen molar-refractivity contribution in [3.05, 3.63) is 39.9 Å². The topological polar surface area (TPSA) is 63.4 Å². The number of likely N-dealkylation sites (tertiary alicyclic amines) is 1. The Morgan fingerprint density at radius 1 is 1.15 bits per heavy atom. The molecule has 5 heteroatoms. The maximum absolute atomic E-state index is 12.6. The van der Waals surface area contributed by atoms with Crippen LogP contribution >= 0.6 is 0 Å². The summed E-state index contributed by atoms with van der Waals surface area (Å²) in [5.41, 5.74) is 0.585. The molecule has 0 aromatic heterocycles. The minimum Gasteiger partial charge on any atom is -0.335 e. The molecule has 20 heavy (non-hydrogen) atoms. The molecule has 1 aliphatic heterocycles. The molecule has 1 aromatic carbocycles. The zero-order chi connectivity index (χ0) is 14.1. The molecule has 2 aliphatic rings. The van der Waals surface area contributed by atoms with Crippen molar-refractivity contribution in [2.75, 3.05) is 6.54 Å². The molecule has 1 saturated heterocycles. The Labute approximate surface area is 117 Å². The van der Waals surface area contributed by atoms with Crippen LogP contribution < -0.4 is 0 Å². The zero-order valence-electron chi connectivity index (χ0n) is 11.3. The van der Waals surface area contributed by atoms with Gasteiger partial charge in [-0.2, -0.15) is 0 Å². The van der Waals surface area contributed by atoms with E-state index in [9.17, 15) is 14.9 Å². The molecule has 1 aliphatic carbocycles. The molecule has 0 unspecified atom stereocenters. The molecule has 0 bridgehead atoms. The van der Waals surface area contributed by atoms with Crippen LogP contribution in [-0.4, -0.2) is 28.3 Å². The van der Waals surface area contributed by atoms with Crippen molar-refractivity contribution in [1.82, 2.24) is 4.90 Å². The number of amides is 1. The van der Waals surface area contributed by atoms with Gasteiger partial charge in [-0.15, -0.1) is 0 Å². The van der Waals surface area contributed by atoms with Crippen molar-refractivity contribution < 1.29 is 9.72 Å². The summed E-state index contributed by atoms with van der Waals surface area (Å²) < 4.78 is 0. The van der Waals surface area contributed by atoms with E-state index in [1.54, 1.807) is 12.1 Å². The molecular weight excluding hydrogens is 256 g/mol. The molecule has 1 aromatic rings. The second kappa shape index (κ2) is 5.23. The average Bonchev–Trinajstić information content (AvgIpc) is 2.95. The Bertz CT molecular complexity index is 526. The third-order valence-corrected chi connectivity index (χ3v) is 4.58. The van der Waals surface area contributed by atoms with Gasteiger partial charge in [0.05, 0.1) is 4.92 Å². The fourth-order valence-electron chi connectivity index (χ4n) is 3.60. The van der Waals surface area contributed by atoms with Gasteiger partial charge in [-0.1, -0.05) is 6.42 Å². The molecule has 5 nitrogen and oxygen atoms in total. The van der Waals surface area contributed by atoms with Crippen LogP contribution in [0.15, 0.2) is 24.3 Å². The number of nitro benzene ring substituents is 1. The van der Waals surface area contributed by atoms with Crippen LogP contribution in [0.2, 0.25) is 0 Å². The largest absolute Gasteiger partial charge is 0.335 e. The molecule has 1 amide bonds. The zero-order valence-corrected chi connectivity index (χ0v) is 11.3. The van der Waals surface area contributed by atoms with Gasteiger partial charge in [-0.25, -0.2) is 0 Å². The highest BCUT2D eigenvalue weighted by Gasteiger charge is 2.37. The monoisotopic (exact) mass is 274 g/mol. The summed E-state index contributed by atoms with van der Waals surface area (Å²) in [6, 6.07) is 6.33. The summed E-state index contributed by atoms with van der Waals surface area (Å²) in [6.07, 6.45) is 5.84. The van der Waals surface area contributed by atoms with Gasteiger partial charge in [0, 0.05) is 30.3 Å². The number of non-ortho nitro benzene ring substituents is 1. The highest BCUT2D eigenvalue weighted by molar-refractivity contribution is 5.94. The number of hydrogen-bond donors (Lipinski definition) is 0. The van der Waals surface area contributed by atoms with Gasteiger partial charge in [-0.3, -0.25) is 14.9 Å². The number of carbonyl (C=O) groups is 1. The molecule has 106 valence electrons. The first kappa shape index (κ1) is 13.1. The van der Waals surface area contributed by atoms with Crippen molar-refractivity contribution >= 4 is 11.6 Å². The van der Waals surface area contributed by atoms with E-state index >= 15 is 0 Å². The fourth-order valence-corrected chi connectivity index (χ4v) is 3.60. The molecule has 2 fully saturated rings. The van der Waals surface area contributed by atoms with Crippen molar-refractivity contribution in [3.63, 3.8) is 0 Å². The molecule has 3 rings (SSSR count). The van der Waals surface area contributed by atoms with Gasteiger partial charge in [0.2, 0.25) is 0 Å². The number of nitro groups is 1. The van der Waals surface area contributed by atoms with E-state index in [4.69, 9.17) is 0 Å². The van der Waals surface area contributed by atoms with Crippen LogP contribution in [0, 0.1) is 16.0 Å². The summed E-state index contributed by atoms with van der Waals surface area (Å²) in [5.74, 6) is 0.683. The van der Waals surface area contributed by atoms with Crippen LogP contribution in [0.3, 0.4) is 0 Å². The van der Waals surface area contributed by atoms with Crippen LogP contribution in [0.4, 0.5) is 5.69 Å². The summed E-state index contributed by atoms with van der Waals surface area (Å²) in [6.45, 7) is 0.816. The predicted molar refractivity (Wildman–Crippen MR) is 74.5 cm³/mol. The van der Waals surface area contributed by atoms with Crippen LogP contribution in [0.25, 0.3) is 0 Å². The highest BCUT2D eigenvalue weighted by Crippen LogP contribution is 2.37. The van der Waals surface area contributed by atoms with Crippen molar-refractivity contribution in [2.45, 2.75) is 38.1 Å². The SMILES string of the molecule is O=C(c1ccc([N+](=O)[O-])cc1)N1CCC[C@@H]2CCC[C@H]21. The number of carbonyl (C=O) groups excluding carboxylic acids is 1. The van der Waals surface area contributed by atoms with E-state index in [0.29, 0.717) is 17.5 Å². The first-order valence-electron chi connectivity index (χ1n) is 7.22. The normalized spacial score (nSPS) is 25.3. The van der Waals surface area contributed by atoms with Crippen LogP contribution in [0.5, 0.6) is 0 Å². The molecule has 0 N–H and O–H groups in total. The van der Waals surface area contributed by atoms with E-state index in [1.165, 1.54) is 31.4 Å². The summed E-state index contributed by atoms with van der Waals surface area (Å²) in [7, 11) is 0. The first-order chi connectivity index (χ1) is 9.66. The van der Waals surface area contributed by atoms with E-state index in [1.807, 2.05) is 4.90 Å². The van der Waals surface area contributed by atoms with Gasteiger partial charge in [0.25, 0.3) is 11.6 Å². The lowest BCUT2D eigenvalue weighted by atomic mass is 9.91. The lowest BCUT2D eigenvalue weighted by Gasteiger charge is -2.37. The van der Waals surface area contributed by atoms with E-state index in [2.05, 4.69) is 0 Å². The molecule has 0 spiro atoms. The third-order valence-electron chi connectivity index (χ3n) is 4.58. The van der Waals surface area contributed by atoms with Gasteiger partial charge in [-0.05, 0) is 43.7 Å². The van der Waals surface area contributed by atoms with Gasteiger partial charge >= 0.3 is 0 Å². The number of rotatable bonds is 2. The number of nitrogens with zero attached hydrogens (tertiary/aromatic N) is 2. The summed E-state index contributed by atoms with van der Waals surface area (Å²) in [4.78, 5) is 24.8. The molecule has 0 radical (unpaired) electrons. The lowest BCUT2D eigenvalue weighted by Crippen LogP contribution is -2.46. The summed E-state index contributed by atoms with van der Waals surface area (Å²) in [5, 5.41) is 10.6. The van der Waals surface area contributed by atoms with E-state index < -0.39 is 4.92 Å². The lowest BCUT2D eigenvalue weighted by molar-refractivity contribution is -0.384. The Morgan fingerprint density at radius 3 is 2.55 bits per heavy atom. The molecule has 1 heterocycles. The van der Waals surface area contributed by atoms with Crippen molar-refractivity contribution in [2.24, 2.45) is 5.92 Å². The molecule has 2 atom stereocenters. The second-order valence-electron chi connectivity index (χ2n) is 5.70. The van der Waals surface area contributed by atoms with Crippen molar-refractivity contribution in [3.8, 4) is 0 Å². The van der Waals surface area contributed by atoms with Crippen molar-refractivity contribution in [1.29, 1.82) is 0 Å². The Balaban J connectivity index is 1.79. The van der Waals surface area contributed by atoms with Gasteiger partial charge < -0.3 is 4.90 Å². The summed E-state index contributed by atoms with van der Waals surface area (Å²) >= 11 is 0. The van der Waals surface area contributed by atoms with Crippen LogP contribution in [0.1, 0.15) is 42.5 Å². The maximum atomic E-state index is 12.6. The van der Waals surface area contributed by atoms with Crippen LogP contribution in [-0.2, 0) is 0 Å². The minimum atomic E-state index is -0.442. The standard InChI is InChI=1S/C15H18N2O3/c18-15(12-6-8-13(9-7-12)17(19)20)16-10-2-4-11-3-1-5-14(11)16/h6-9,11,14H,1-5,10H2/t11-,14+/m0/s1. The highest BCUT2D eigenvalue weighted by atomic mass is 16.6. The third kappa shape index (κ3) is 2.28. The van der Waals surface area contributed by atoms with E-state index in [-0.39, 0.29) is 11.6 Å². The first-order valence-corrected chi connectivity index (χ1v) is 7.22. The Hall–Kier alpha value is -1.91. The molecular formula is C15H18N2O3. The number of hydrogen-bond acceptors (Lipinski definition) is 3. The smallest absolute Gasteiger partial charge is 0.269 e. The average molecular weight is 274 g/mol. The second-order valence-corrected chi connectivity index (χ2v) is 5.70. The minimum absolute atomic E-state index is 0.0245. The predicted octanol–water partition coefficient (Wildman–Crippen LogP) is 3.00. The number of piperidine rings is 1. The Kier molecular flexibility index (Phi) is 3.42.